The van der Waals surface area contributed by atoms with Crippen LogP contribution in [0, 0.1) is 0 Å². The first-order valence-electron chi connectivity index (χ1n) is 4.45. The zero-order valence-electron chi connectivity index (χ0n) is 8.18. The summed E-state index contributed by atoms with van der Waals surface area (Å²) in [4.78, 5) is 8.18. The number of nitrogens with zero attached hydrogens (tertiary/aromatic N) is 4. The first-order valence-corrected chi connectivity index (χ1v) is 4.83. The maximum absolute atomic E-state index is 5.75. The summed E-state index contributed by atoms with van der Waals surface area (Å²) in [6.45, 7) is 0.573. The van der Waals surface area contributed by atoms with Gasteiger partial charge in [0.15, 0.2) is 0 Å². The molecule has 2 aromatic rings. The Bertz CT molecular complexity index is 453. The molecule has 0 saturated carbocycles. The Balaban J connectivity index is 2.02. The number of aromatic nitrogens is 4. The highest BCUT2D eigenvalue weighted by atomic mass is 35.5. The predicted octanol–water partition coefficient (Wildman–Crippen LogP) is 1.48. The summed E-state index contributed by atoms with van der Waals surface area (Å²) in [6, 6.07) is 5.42. The number of halogens is 1. The molecule has 6 heteroatoms. The van der Waals surface area contributed by atoms with Crippen LogP contribution in [0.1, 0.15) is 5.82 Å². The summed E-state index contributed by atoms with van der Waals surface area (Å²) in [7, 11) is 1.84. The lowest BCUT2D eigenvalue weighted by Gasteiger charge is -2.04. The molecule has 0 aliphatic carbocycles. The third-order valence-corrected chi connectivity index (χ3v) is 2.16. The molecule has 0 atom stereocenters. The largest absolute Gasteiger partial charge is 0.363 e. The number of rotatable bonds is 3. The van der Waals surface area contributed by atoms with E-state index in [9.17, 15) is 0 Å². The van der Waals surface area contributed by atoms with E-state index >= 15 is 0 Å². The van der Waals surface area contributed by atoms with E-state index in [1.165, 1.54) is 6.33 Å². The lowest BCUT2D eigenvalue weighted by Crippen LogP contribution is -2.07. The van der Waals surface area contributed by atoms with Gasteiger partial charge in [-0.05, 0) is 12.1 Å². The average Bonchev–Trinajstić information content (AvgIpc) is 2.61. The number of nitrogens with one attached hydrogen (secondary N) is 1. The van der Waals surface area contributed by atoms with Gasteiger partial charge in [0.2, 0.25) is 0 Å². The van der Waals surface area contributed by atoms with Crippen LogP contribution in [0.15, 0.2) is 24.5 Å². The molecule has 2 heterocycles. The number of anilines is 1. The Kier molecular flexibility index (Phi) is 2.82. The smallest absolute Gasteiger partial charge is 0.145 e. The second-order valence-electron chi connectivity index (χ2n) is 3.00. The van der Waals surface area contributed by atoms with E-state index < -0.39 is 0 Å². The molecule has 2 rings (SSSR count). The maximum Gasteiger partial charge on any atom is 0.145 e. The van der Waals surface area contributed by atoms with Crippen LogP contribution in [-0.4, -0.2) is 19.7 Å². The number of aryl methyl sites for hydroxylation is 1. The van der Waals surface area contributed by atoms with Crippen LogP contribution in [0.25, 0.3) is 0 Å². The van der Waals surface area contributed by atoms with E-state index in [4.69, 9.17) is 11.6 Å². The van der Waals surface area contributed by atoms with Crippen molar-refractivity contribution in [1.29, 1.82) is 0 Å². The summed E-state index contributed by atoms with van der Waals surface area (Å²) in [6.07, 6.45) is 1.52. The Morgan fingerprint density at radius 2 is 2.33 bits per heavy atom. The van der Waals surface area contributed by atoms with Gasteiger partial charge in [-0.2, -0.15) is 5.10 Å². The molecule has 0 aliphatic rings. The number of hydrogen-bond acceptors (Lipinski definition) is 4. The van der Waals surface area contributed by atoms with Gasteiger partial charge in [0.1, 0.15) is 23.1 Å². The molecule has 1 N–H and O–H groups in total. The van der Waals surface area contributed by atoms with Crippen LogP contribution in [0.5, 0.6) is 0 Å². The van der Waals surface area contributed by atoms with Crippen LogP contribution < -0.4 is 5.32 Å². The molecule has 0 amide bonds. The zero-order valence-corrected chi connectivity index (χ0v) is 8.94. The maximum atomic E-state index is 5.75. The highest BCUT2D eigenvalue weighted by Gasteiger charge is 2.00. The highest BCUT2D eigenvalue weighted by Crippen LogP contribution is 2.09. The molecule has 0 aromatic carbocycles. The Morgan fingerprint density at radius 3 is 3.00 bits per heavy atom. The van der Waals surface area contributed by atoms with E-state index in [0.29, 0.717) is 11.7 Å². The van der Waals surface area contributed by atoms with Gasteiger partial charge in [0.25, 0.3) is 0 Å². The second kappa shape index (κ2) is 4.27. The van der Waals surface area contributed by atoms with Gasteiger partial charge in [-0.15, -0.1) is 0 Å². The fourth-order valence-corrected chi connectivity index (χ4v) is 1.32. The normalized spacial score (nSPS) is 10.3. The molecule has 0 radical (unpaired) electrons. The van der Waals surface area contributed by atoms with Gasteiger partial charge in [0.05, 0.1) is 6.54 Å². The number of hydrogen-bond donors (Lipinski definition) is 1. The molecule has 0 spiro atoms. The van der Waals surface area contributed by atoms with Crippen LogP contribution in [-0.2, 0) is 13.6 Å². The summed E-state index contributed by atoms with van der Waals surface area (Å²) >= 11 is 5.75. The molecule has 15 heavy (non-hydrogen) atoms. The van der Waals surface area contributed by atoms with Gasteiger partial charge < -0.3 is 5.32 Å². The minimum absolute atomic E-state index is 0.470. The Hall–Kier alpha value is -1.62. The molecule has 0 unspecified atom stereocenters. The molecule has 0 fully saturated rings. The van der Waals surface area contributed by atoms with Crippen molar-refractivity contribution < 1.29 is 0 Å². The van der Waals surface area contributed by atoms with Gasteiger partial charge in [-0.3, -0.25) is 4.68 Å². The van der Waals surface area contributed by atoms with Crippen LogP contribution in [0.2, 0.25) is 5.15 Å². The summed E-state index contributed by atoms with van der Waals surface area (Å²) < 4.78 is 1.71. The summed E-state index contributed by atoms with van der Waals surface area (Å²) in [5.74, 6) is 1.57. The molecular formula is C9H10ClN5. The molecule has 2 aromatic heterocycles. The van der Waals surface area contributed by atoms with Gasteiger partial charge in [0, 0.05) is 7.05 Å². The van der Waals surface area contributed by atoms with Gasteiger partial charge in [-0.25, -0.2) is 9.97 Å². The van der Waals surface area contributed by atoms with Gasteiger partial charge >= 0.3 is 0 Å². The first-order chi connectivity index (χ1) is 7.25. The summed E-state index contributed by atoms with van der Waals surface area (Å²) in [5, 5.41) is 7.55. The fraction of sp³-hybridized carbons (Fsp3) is 0.222. The van der Waals surface area contributed by atoms with Crippen molar-refractivity contribution in [3.05, 3.63) is 35.5 Å². The molecule has 78 valence electrons. The fourth-order valence-electron chi connectivity index (χ4n) is 1.16. The van der Waals surface area contributed by atoms with E-state index in [2.05, 4.69) is 20.4 Å². The Labute approximate surface area is 92.1 Å². The minimum Gasteiger partial charge on any atom is -0.363 e. The SMILES string of the molecule is Cn1ncnc1CNc1cccc(Cl)n1. The van der Waals surface area contributed by atoms with Crippen molar-refractivity contribution in [2.24, 2.45) is 7.05 Å². The van der Waals surface area contributed by atoms with Crippen LogP contribution in [0.4, 0.5) is 5.82 Å². The molecular weight excluding hydrogens is 214 g/mol. The number of pyridine rings is 1. The third-order valence-electron chi connectivity index (χ3n) is 1.95. The molecule has 0 saturated heterocycles. The van der Waals surface area contributed by atoms with E-state index in [0.717, 1.165) is 11.6 Å². The van der Waals surface area contributed by atoms with Crippen molar-refractivity contribution in [3.8, 4) is 0 Å². The van der Waals surface area contributed by atoms with Crippen molar-refractivity contribution >= 4 is 17.4 Å². The zero-order chi connectivity index (χ0) is 10.7. The average molecular weight is 224 g/mol. The van der Waals surface area contributed by atoms with Crippen LogP contribution >= 0.6 is 11.6 Å². The standard InChI is InChI=1S/C9H10ClN5/c1-15-9(12-6-13-15)5-11-8-4-2-3-7(10)14-8/h2-4,6H,5H2,1H3,(H,11,14). The summed E-state index contributed by atoms with van der Waals surface area (Å²) in [5.41, 5.74) is 0. The molecule has 0 aliphatic heterocycles. The van der Waals surface area contributed by atoms with E-state index in [-0.39, 0.29) is 0 Å². The van der Waals surface area contributed by atoms with Gasteiger partial charge in [-0.1, -0.05) is 17.7 Å². The van der Waals surface area contributed by atoms with E-state index in [1.54, 1.807) is 10.7 Å². The van der Waals surface area contributed by atoms with E-state index in [1.807, 2.05) is 19.2 Å². The van der Waals surface area contributed by atoms with Crippen molar-refractivity contribution in [3.63, 3.8) is 0 Å². The lowest BCUT2D eigenvalue weighted by molar-refractivity contribution is 0.711. The predicted molar refractivity (Wildman–Crippen MR) is 57.6 cm³/mol. The quantitative estimate of drug-likeness (QED) is 0.801. The van der Waals surface area contributed by atoms with Crippen molar-refractivity contribution in [1.82, 2.24) is 19.7 Å². The monoisotopic (exact) mass is 223 g/mol. The topological polar surface area (TPSA) is 55.6 Å². The van der Waals surface area contributed by atoms with Crippen LogP contribution in [0.3, 0.4) is 0 Å². The second-order valence-corrected chi connectivity index (χ2v) is 3.39. The first kappa shape index (κ1) is 9.92. The third kappa shape index (κ3) is 2.44. The lowest BCUT2D eigenvalue weighted by atomic mass is 10.4. The molecule has 0 bridgehead atoms. The highest BCUT2D eigenvalue weighted by molar-refractivity contribution is 6.29. The Morgan fingerprint density at radius 1 is 1.47 bits per heavy atom. The minimum atomic E-state index is 0.470. The molecule has 5 nitrogen and oxygen atoms in total. The van der Waals surface area contributed by atoms with Crippen molar-refractivity contribution in [2.75, 3.05) is 5.32 Å². The van der Waals surface area contributed by atoms with Crippen molar-refractivity contribution in [2.45, 2.75) is 6.54 Å².